The van der Waals surface area contributed by atoms with E-state index in [0.29, 0.717) is 0 Å². The fraction of sp³-hybridized carbons (Fsp3) is 0.833. The Labute approximate surface area is 103 Å². The third-order valence-electron chi connectivity index (χ3n) is 2.72. The monoisotopic (exact) mass is 241 g/mol. The van der Waals surface area contributed by atoms with E-state index < -0.39 is 0 Å². The van der Waals surface area contributed by atoms with Gasteiger partial charge in [0.05, 0.1) is 0 Å². The van der Waals surface area contributed by atoms with E-state index in [1.807, 2.05) is 0 Å². The van der Waals surface area contributed by atoms with E-state index in [1.165, 1.54) is 19.3 Å². The molecule has 0 saturated heterocycles. The van der Waals surface area contributed by atoms with Crippen molar-refractivity contribution in [2.24, 2.45) is 5.92 Å². The van der Waals surface area contributed by atoms with Crippen LogP contribution < -0.4 is 0 Å². The van der Waals surface area contributed by atoms with Crippen LogP contribution in [0.25, 0.3) is 0 Å². The minimum absolute atomic E-state index is 0.771. The predicted molar refractivity (Wildman–Crippen MR) is 70.1 cm³/mol. The predicted octanol–water partition coefficient (Wildman–Crippen LogP) is 3.72. The van der Waals surface area contributed by atoms with Gasteiger partial charge < -0.3 is 4.57 Å². The Balaban J connectivity index is 2.46. The van der Waals surface area contributed by atoms with Gasteiger partial charge >= 0.3 is 0 Å². The number of hydrogen-bond acceptors (Lipinski definition) is 2. The van der Waals surface area contributed by atoms with Crippen LogP contribution in [-0.2, 0) is 13.0 Å². The molecule has 0 aliphatic rings. The Bertz CT molecular complexity index is 351. The highest BCUT2D eigenvalue weighted by atomic mass is 32.1. The van der Waals surface area contributed by atoms with Crippen molar-refractivity contribution in [3.05, 3.63) is 10.6 Å². The van der Waals surface area contributed by atoms with Crippen molar-refractivity contribution in [1.82, 2.24) is 14.8 Å². The zero-order valence-electron chi connectivity index (χ0n) is 10.6. The quantitative estimate of drug-likeness (QED) is 0.583. The lowest BCUT2D eigenvalue weighted by Gasteiger charge is -2.07. The van der Waals surface area contributed by atoms with Gasteiger partial charge in [-0.2, -0.15) is 5.10 Å². The van der Waals surface area contributed by atoms with Crippen molar-refractivity contribution in [2.75, 3.05) is 0 Å². The van der Waals surface area contributed by atoms with Crippen molar-refractivity contribution in [3.8, 4) is 0 Å². The van der Waals surface area contributed by atoms with Gasteiger partial charge in [-0.15, -0.1) is 0 Å². The first kappa shape index (κ1) is 13.4. The molecule has 3 nitrogen and oxygen atoms in total. The fourth-order valence-electron chi connectivity index (χ4n) is 1.82. The van der Waals surface area contributed by atoms with E-state index in [1.54, 1.807) is 0 Å². The molecule has 1 aromatic heterocycles. The Morgan fingerprint density at radius 1 is 1.38 bits per heavy atom. The van der Waals surface area contributed by atoms with Crippen LogP contribution in [0.5, 0.6) is 0 Å². The second kappa shape index (κ2) is 6.84. The number of aromatic amines is 1. The SMILES string of the molecule is CCCc1n[nH]c(=S)n1CCCCC(C)C. The molecule has 0 unspecified atom stereocenters. The Hall–Kier alpha value is -0.640. The summed E-state index contributed by atoms with van der Waals surface area (Å²) in [4.78, 5) is 0. The molecule has 0 saturated carbocycles. The summed E-state index contributed by atoms with van der Waals surface area (Å²) in [6, 6.07) is 0. The summed E-state index contributed by atoms with van der Waals surface area (Å²) in [5.74, 6) is 1.91. The second-order valence-electron chi connectivity index (χ2n) is 4.74. The van der Waals surface area contributed by atoms with Gasteiger partial charge in [0, 0.05) is 13.0 Å². The summed E-state index contributed by atoms with van der Waals surface area (Å²) in [7, 11) is 0. The number of nitrogens with zero attached hydrogens (tertiary/aromatic N) is 2. The van der Waals surface area contributed by atoms with Crippen LogP contribution >= 0.6 is 12.2 Å². The lowest BCUT2D eigenvalue weighted by Crippen LogP contribution is -2.04. The van der Waals surface area contributed by atoms with Crippen molar-refractivity contribution < 1.29 is 0 Å². The molecule has 1 heterocycles. The molecule has 1 aromatic rings. The molecule has 0 aliphatic carbocycles. The molecule has 0 spiro atoms. The highest BCUT2D eigenvalue weighted by Gasteiger charge is 2.04. The van der Waals surface area contributed by atoms with E-state index in [4.69, 9.17) is 12.2 Å². The van der Waals surface area contributed by atoms with Gasteiger partial charge in [0.15, 0.2) is 4.77 Å². The van der Waals surface area contributed by atoms with Crippen LogP contribution in [0.1, 0.15) is 52.3 Å². The number of nitrogens with one attached hydrogen (secondary N) is 1. The highest BCUT2D eigenvalue weighted by molar-refractivity contribution is 7.71. The number of aryl methyl sites for hydroxylation is 1. The second-order valence-corrected chi connectivity index (χ2v) is 5.12. The van der Waals surface area contributed by atoms with E-state index in [9.17, 15) is 0 Å². The summed E-state index contributed by atoms with van der Waals surface area (Å²) in [6.07, 6.45) is 5.90. The molecule has 1 N–H and O–H groups in total. The maximum atomic E-state index is 5.23. The van der Waals surface area contributed by atoms with Gasteiger partial charge in [-0.25, -0.2) is 0 Å². The molecule has 16 heavy (non-hydrogen) atoms. The smallest absolute Gasteiger partial charge is 0.195 e. The molecule has 0 fully saturated rings. The third kappa shape index (κ3) is 4.08. The number of H-pyrrole nitrogens is 1. The maximum Gasteiger partial charge on any atom is 0.195 e. The van der Waals surface area contributed by atoms with Crippen molar-refractivity contribution in [3.63, 3.8) is 0 Å². The number of aromatic nitrogens is 3. The van der Waals surface area contributed by atoms with Gasteiger partial charge in [0.25, 0.3) is 0 Å². The molecule has 0 atom stereocenters. The normalized spacial score (nSPS) is 11.2. The first-order valence-corrected chi connectivity index (χ1v) is 6.70. The van der Waals surface area contributed by atoms with Crippen molar-refractivity contribution in [2.45, 2.75) is 59.4 Å². The molecule has 0 aromatic carbocycles. The topological polar surface area (TPSA) is 33.6 Å². The lowest BCUT2D eigenvalue weighted by molar-refractivity contribution is 0.500. The van der Waals surface area contributed by atoms with E-state index in [2.05, 4.69) is 35.5 Å². The molecular formula is C12H23N3S. The van der Waals surface area contributed by atoms with Gasteiger partial charge in [-0.3, -0.25) is 5.10 Å². The standard InChI is InChI=1S/C12H23N3S/c1-4-7-11-13-14-12(16)15(11)9-6-5-8-10(2)3/h10H,4-9H2,1-3H3,(H,14,16). The summed E-state index contributed by atoms with van der Waals surface area (Å²) < 4.78 is 2.92. The van der Waals surface area contributed by atoms with Crippen LogP contribution in [0.4, 0.5) is 0 Å². The molecule has 0 amide bonds. The zero-order valence-corrected chi connectivity index (χ0v) is 11.4. The van der Waals surface area contributed by atoms with Gasteiger partial charge in [-0.05, 0) is 31.0 Å². The fourth-order valence-corrected chi connectivity index (χ4v) is 2.06. The van der Waals surface area contributed by atoms with E-state index >= 15 is 0 Å². The summed E-state index contributed by atoms with van der Waals surface area (Å²) in [5.41, 5.74) is 0. The summed E-state index contributed by atoms with van der Waals surface area (Å²) in [5, 5.41) is 7.15. The van der Waals surface area contributed by atoms with E-state index in [-0.39, 0.29) is 0 Å². The molecule has 0 aliphatic heterocycles. The van der Waals surface area contributed by atoms with Crippen molar-refractivity contribution >= 4 is 12.2 Å². The maximum absolute atomic E-state index is 5.23. The first-order valence-electron chi connectivity index (χ1n) is 6.29. The number of rotatable bonds is 7. The molecule has 92 valence electrons. The first-order chi connectivity index (χ1) is 7.65. The minimum atomic E-state index is 0.771. The Kier molecular flexibility index (Phi) is 5.74. The van der Waals surface area contributed by atoms with Crippen LogP contribution in [0, 0.1) is 10.7 Å². The lowest BCUT2D eigenvalue weighted by atomic mass is 10.1. The third-order valence-corrected chi connectivity index (χ3v) is 3.04. The van der Waals surface area contributed by atoms with Gasteiger partial charge in [-0.1, -0.05) is 33.6 Å². The molecule has 1 rings (SSSR count). The summed E-state index contributed by atoms with van der Waals surface area (Å²) >= 11 is 5.23. The number of unbranched alkanes of at least 4 members (excludes halogenated alkanes) is 1. The van der Waals surface area contributed by atoms with Crippen LogP contribution in [0.3, 0.4) is 0 Å². The van der Waals surface area contributed by atoms with Gasteiger partial charge in [0.1, 0.15) is 5.82 Å². The molecule has 0 radical (unpaired) electrons. The Morgan fingerprint density at radius 2 is 2.12 bits per heavy atom. The molecule has 0 bridgehead atoms. The zero-order chi connectivity index (χ0) is 12.0. The molecule has 4 heteroatoms. The average molecular weight is 241 g/mol. The van der Waals surface area contributed by atoms with E-state index in [0.717, 1.165) is 35.9 Å². The number of hydrogen-bond donors (Lipinski definition) is 1. The van der Waals surface area contributed by atoms with Crippen LogP contribution in [0.15, 0.2) is 0 Å². The Morgan fingerprint density at radius 3 is 2.75 bits per heavy atom. The van der Waals surface area contributed by atoms with Crippen LogP contribution in [-0.4, -0.2) is 14.8 Å². The van der Waals surface area contributed by atoms with Crippen molar-refractivity contribution in [1.29, 1.82) is 0 Å². The largest absolute Gasteiger partial charge is 0.304 e. The highest BCUT2D eigenvalue weighted by Crippen LogP contribution is 2.09. The average Bonchev–Trinajstić information content (AvgIpc) is 2.56. The molecular weight excluding hydrogens is 218 g/mol. The van der Waals surface area contributed by atoms with Gasteiger partial charge in [0.2, 0.25) is 0 Å². The minimum Gasteiger partial charge on any atom is -0.304 e. The van der Waals surface area contributed by atoms with Crippen LogP contribution in [0.2, 0.25) is 0 Å². The summed E-state index contributed by atoms with van der Waals surface area (Å²) in [6.45, 7) is 7.72.